The average Bonchev–Trinajstić information content (AvgIpc) is 3.46. The Hall–Kier alpha value is -2.45. The van der Waals surface area contributed by atoms with Crippen molar-refractivity contribution in [2.24, 2.45) is 0 Å². The number of pyridine rings is 1. The molecule has 8 heteroatoms. The fourth-order valence-corrected chi connectivity index (χ4v) is 4.20. The third-order valence-corrected chi connectivity index (χ3v) is 5.67. The minimum Gasteiger partial charge on any atom is -0.477 e. The van der Waals surface area contributed by atoms with Crippen LogP contribution in [0.15, 0.2) is 23.1 Å². The van der Waals surface area contributed by atoms with Crippen molar-refractivity contribution < 1.29 is 19.4 Å². The molecule has 28 heavy (non-hydrogen) atoms. The second kappa shape index (κ2) is 6.86. The number of likely N-dealkylation sites (N-methyl/N-ethyl adjacent to an activating group) is 1. The predicted molar refractivity (Wildman–Crippen MR) is 104 cm³/mol. The van der Waals surface area contributed by atoms with Crippen LogP contribution >= 0.6 is 0 Å². The summed E-state index contributed by atoms with van der Waals surface area (Å²) < 4.78 is 16.8. The average molecular weight is 389 g/mol. The molecule has 2 aromatic rings. The van der Waals surface area contributed by atoms with Gasteiger partial charge in [0.05, 0.1) is 16.8 Å². The van der Waals surface area contributed by atoms with Gasteiger partial charge in [0, 0.05) is 37.3 Å². The maximum Gasteiger partial charge on any atom is 0.341 e. The number of rotatable bonds is 5. The number of carbonyl (C=O) groups is 1. The zero-order chi connectivity index (χ0) is 20.1. The van der Waals surface area contributed by atoms with E-state index in [4.69, 9.17) is 0 Å². The lowest BCUT2D eigenvalue weighted by Crippen LogP contribution is -2.53. The third kappa shape index (κ3) is 3.27. The Morgan fingerprint density at radius 1 is 1.39 bits per heavy atom. The molecule has 3 N–H and O–H groups in total. The third-order valence-electron chi connectivity index (χ3n) is 5.67. The van der Waals surface area contributed by atoms with Crippen molar-refractivity contribution >= 4 is 22.6 Å². The molecule has 1 aliphatic heterocycles. The standard InChI is InChI=1S/C20H24FN3O4/c1-22-10-20(28)5-2-6-23(11-20)17-8-16-13(7-15(17)21)18(25)14(19(26)27)9-24(16)12-3-4-12/h7-9,12,22,28H,2-6,10-11H2,1H3,(H,26,27). The number of halogens is 1. The Morgan fingerprint density at radius 2 is 2.14 bits per heavy atom. The van der Waals surface area contributed by atoms with Gasteiger partial charge in [0.15, 0.2) is 0 Å². The van der Waals surface area contributed by atoms with Crippen LogP contribution in [0, 0.1) is 5.82 Å². The Bertz CT molecular complexity index is 997. The number of β-amino-alcohol motifs (C(OH)–C–C–N with tert-alkyl or cyclic N) is 1. The smallest absolute Gasteiger partial charge is 0.341 e. The predicted octanol–water partition coefficient (Wildman–Crippen LogP) is 1.72. The Labute approximate surface area is 161 Å². The number of nitrogens with one attached hydrogen (secondary N) is 1. The van der Waals surface area contributed by atoms with Gasteiger partial charge in [0.2, 0.25) is 5.43 Å². The van der Waals surface area contributed by atoms with Gasteiger partial charge in [-0.2, -0.15) is 0 Å². The number of aliphatic hydroxyl groups is 1. The first kappa shape index (κ1) is 18.9. The minimum absolute atomic E-state index is 0.0792. The molecule has 2 heterocycles. The maximum absolute atomic E-state index is 15.0. The number of hydrogen-bond donors (Lipinski definition) is 3. The molecule has 1 unspecified atom stereocenters. The zero-order valence-electron chi connectivity index (χ0n) is 15.7. The number of aromatic nitrogens is 1. The molecular formula is C20H24FN3O4. The summed E-state index contributed by atoms with van der Waals surface area (Å²) in [5.41, 5.74) is -1.09. The first-order chi connectivity index (χ1) is 13.3. The number of piperidine rings is 1. The van der Waals surface area contributed by atoms with Crippen molar-refractivity contribution in [1.29, 1.82) is 0 Å². The number of anilines is 1. The fourth-order valence-electron chi connectivity index (χ4n) is 4.20. The molecule has 150 valence electrons. The van der Waals surface area contributed by atoms with Crippen LogP contribution in [0.5, 0.6) is 0 Å². The van der Waals surface area contributed by atoms with E-state index in [1.807, 2.05) is 4.90 Å². The van der Waals surface area contributed by atoms with E-state index in [9.17, 15) is 24.2 Å². The molecule has 1 aromatic heterocycles. The van der Waals surface area contributed by atoms with E-state index in [0.29, 0.717) is 30.7 Å². The minimum atomic E-state index is -1.31. The highest BCUT2D eigenvalue weighted by Crippen LogP contribution is 2.38. The largest absolute Gasteiger partial charge is 0.477 e. The topological polar surface area (TPSA) is 94.8 Å². The fraction of sp³-hybridized carbons (Fsp3) is 0.500. The van der Waals surface area contributed by atoms with Gasteiger partial charge in [0.1, 0.15) is 11.4 Å². The van der Waals surface area contributed by atoms with E-state index < -0.39 is 22.8 Å². The molecule has 1 atom stereocenters. The lowest BCUT2D eigenvalue weighted by atomic mass is 9.92. The van der Waals surface area contributed by atoms with E-state index >= 15 is 0 Å². The van der Waals surface area contributed by atoms with Gasteiger partial charge in [-0.15, -0.1) is 0 Å². The molecule has 0 amide bonds. The van der Waals surface area contributed by atoms with Crippen LogP contribution in [-0.4, -0.2) is 53.0 Å². The molecular weight excluding hydrogens is 365 g/mol. The van der Waals surface area contributed by atoms with Crippen molar-refractivity contribution in [3.05, 3.63) is 39.9 Å². The molecule has 1 saturated carbocycles. The van der Waals surface area contributed by atoms with Crippen LogP contribution in [0.25, 0.3) is 10.9 Å². The molecule has 0 spiro atoms. The van der Waals surface area contributed by atoms with Crippen molar-refractivity contribution in [2.45, 2.75) is 37.3 Å². The van der Waals surface area contributed by atoms with Crippen molar-refractivity contribution in [3.63, 3.8) is 0 Å². The number of benzene rings is 1. The summed E-state index contributed by atoms with van der Waals surface area (Å²) in [5.74, 6) is -1.89. The van der Waals surface area contributed by atoms with Crippen LogP contribution in [0.1, 0.15) is 42.1 Å². The summed E-state index contributed by atoms with van der Waals surface area (Å²) in [5, 5.41) is 23.2. The number of aromatic carboxylic acids is 1. The van der Waals surface area contributed by atoms with Crippen molar-refractivity contribution in [1.82, 2.24) is 9.88 Å². The summed E-state index contributed by atoms with van der Waals surface area (Å²) >= 11 is 0. The van der Waals surface area contributed by atoms with Crippen molar-refractivity contribution in [2.75, 3.05) is 31.6 Å². The van der Waals surface area contributed by atoms with Gasteiger partial charge >= 0.3 is 5.97 Å². The van der Waals surface area contributed by atoms with E-state index in [1.54, 1.807) is 17.7 Å². The molecule has 1 aliphatic carbocycles. The molecule has 1 aromatic carbocycles. The molecule has 0 bridgehead atoms. The number of carboxylic acid groups (broad SMARTS) is 1. The van der Waals surface area contributed by atoms with E-state index in [2.05, 4.69) is 5.32 Å². The van der Waals surface area contributed by atoms with Crippen LogP contribution in [-0.2, 0) is 0 Å². The normalized spacial score (nSPS) is 22.6. The summed E-state index contributed by atoms with van der Waals surface area (Å²) in [6.45, 7) is 1.31. The lowest BCUT2D eigenvalue weighted by Gasteiger charge is -2.40. The van der Waals surface area contributed by atoms with Crippen LogP contribution in [0.4, 0.5) is 10.1 Å². The number of fused-ring (bicyclic) bond motifs is 1. The van der Waals surface area contributed by atoms with Crippen LogP contribution in [0.3, 0.4) is 0 Å². The molecule has 4 rings (SSSR count). The number of carboxylic acids is 1. The SMILES string of the molecule is CNCC1(O)CCCN(c2cc3c(cc2F)c(=O)c(C(=O)O)cn3C2CC2)C1. The van der Waals surface area contributed by atoms with Gasteiger partial charge in [-0.25, -0.2) is 9.18 Å². The molecule has 7 nitrogen and oxygen atoms in total. The highest BCUT2D eigenvalue weighted by molar-refractivity contribution is 5.93. The summed E-state index contributed by atoms with van der Waals surface area (Å²) in [6, 6.07) is 2.90. The zero-order valence-corrected chi connectivity index (χ0v) is 15.7. The number of hydrogen-bond acceptors (Lipinski definition) is 5. The lowest BCUT2D eigenvalue weighted by molar-refractivity contribution is 0.0280. The van der Waals surface area contributed by atoms with E-state index in [1.165, 1.54) is 6.20 Å². The van der Waals surface area contributed by atoms with Gasteiger partial charge in [-0.05, 0) is 44.9 Å². The number of nitrogens with zero attached hydrogens (tertiary/aromatic N) is 2. The quantitative estimate of drug-likeness (QED) is 0.721. The van der Waals surface area contributed by atoms with Gasteiger partial charge in [-0.3, -0.25) is 4.79 Å². The molecule has 2 aliphatic rings. The van der Waals surface area contributed by atoms with Crippen molar-refractivity contribution in [3.8, 4) is 0 Å². The summed E-state index contributed by atoms with van der Waals surface area (Å²) in [7, 11) is 1.77. The Kier molecular flexibility index (Phi) is 4.63. The van der Waals surface area contributed by atoms with Crippen LogP contribution in [0.2, 0.25) is 0 Å². The summed E-state index contributed by atoms with van der Waals surface area (Å²) in [4.78, 5) is 25.8. The first-order valence-electron chi connectivity index (χ1n) is 9.56. The summed E-state index contributed by atoms with van der Waals surface area (Å²) in [6.07, 6.45) is 4.53. The van der Waals surface area contributed by atoms with E-state index in [0.717, 1.165) is 25.3 Å². The second-order valence-electron chi connectivity index (χ2n) is 7.92. The highest BCUT2D eigenvalue weighted by atomic mass is 19.1. The van der Waals surface area contributed by atoms with Crippen LogP contribution < -0.4 is 15.6 Å². The molecule has 0 radical (unpaired) electrons. The highest BCUT2D eigenvalue weighted by Gasteiger charge is 2.34. The Morgan fingerprint density at radius 3 is 2.79 bits per heavy atom. The molecule has 2 fully saturated rings. The first-order valence-corrected chi connectivity index (χ1v) is 9.56. The van der Waals surface area contributed by atoms with E-state index in [-0.39, 0.29) is 23.5 Å². The maximum atomic E-state index is 15.0. The second-order valence-corrected chi connectivity index (χ2v) is 7.92. The molecule has 1 saturated heterocycles. The van der Waals surface area contributed by atoms with Gasteiger partial charge in [0.25, 0.3) is 0 Å². The monoisotopic (exact) mass is 389 g/mol. The van der Waals surface area contributed by atoms with Gasteiger partial charge < -0.3 is 25.0 Å². The van der Waals surface area contributed by atoms with Gasteiger partial charge in [-0.1, -0.05) is 0 Å². The Balaban J connectivity index is 1.84.